The zero-order chi connectivity index (χ0) is 23.8. The summed E-state index contributed by atoms with van der Waals surface area (Å²) in [6.07, 6.45) is 9.80. The summed E-state index contributed by atoms with van der Waals surface area (Å²) in [5, 5.41) is 7.70. The van der Waals surface area contributed by atoms with E-state index in [0.717, 1.165) is 41.0 Å². The number of benzene rings is 2. The van der Waals surface area contributed by atoms with E-state index in [1.165, 1.54) is 5.56 Å². The number of hydrogen-bond donors (Lipinski definition) is 1. The Morgan fingerprint density at radius 3 is 2.50 bits per heavy atom. The molecule has 0 aliphatic carbocycles. The SMILES string of the molecule is CN(C)CCc1ccc(NC(=O)/C=C/c2cn(Cc3ccccc3)nc2-c2cccnc2)cc1. The van der Waals surface area contributed by atoms with Gasteiger partial charge in [0.2, 0.25) is 5.91 Å². The fraction of sp³-hybridized carbons (Fsp3) is 0.179. The van der Waals surface area contributed by atoms with Crippen LogP contribution in [0.1, 0.15) is 16.7 Å². The lowest BCUT2D eigenvalue weighted by Gasteiger charge is -2.09. The average molecular weight is 452 g/mol. The zero-order valence-corrected chi connectivity index (χ0v) is 19.6. The van der Waals surface area contributed by atoms with E-state index in [1.54, 1.807) is 24.5 Å². The van der Waals surface area contributed by atoms with Gasteiger partial charge < -0.3 is 10.2 Å². The molecule has 0 fully saturated rings. The smallest absolute Gasteiger partial charge is 0.248 e. The number of rotatable bonds is 9. The highest BCUT2D eigenvalue weighted by Gasteiger charge is 2.10. The van der Waals surface area contributed by atoms with Gasteiger partial charge in [0.1, 0.15) is 5.69 Å². The van der Waals surface area contributed by atoms with Gasteiger partial charge in [-0.3, -0.25) is 14.5 Å². The summed E-state index contributed by atoms with van der Waals surface area (Å²) in [5.74, 6) is -0.186. The Balaban J connectivity index is 1.48. The summed E-state index contributed by atoms with van der Waals surface area (Å²) in [6.45, 7) is 1.64. The second-order valence-corrected chi connectivity index (χ2v) is 8.43. The van der Waals surface area contributed by atoms with E-state index in [1.807, 2.05) is 53.3 Å². The first-order chi connectivity index (χ1) is 16.6. The minimum Gasteiger partial charge on any atom is -0.323 e. The number of nitrogens with one attached hydrogen (secondary N) is 1. The lowest BCUT2D eigenvalue weighted by Crippen LogP contribution is -2.15. The van der Waals surface area contributed by atoms with Crippen molar-refractivity contribution >= 4 is 17.7 Å². The van der Waals surface area contributed by atoms with Crippen molar-refractivity contribution in [2.24, 2.45) is 0 Å². The quantitative estimate of drug-likeness (QED) is 0.373. The van der Waals surface area contributed by atoms with Crippen LogP contribution in [-0.2, 0) is 17.8 Å². The molecular formula is C28H29N5O. The molecule has 6 nitrogen and oxygen atoms in total. The van der Waals surface area contributed by atoms with Crippen molar-refractivity contribution in [2.75, 3.05) is 26.0 Å². The van der Waals surface area contributed by atoms with E-state index in [-0.39, 0.29) is 5.91 Å². The van der Waals surface area contributed by atoms with Crippen molar-refractivity contribution in [3.8, 4) is 11.3 Å². The number of nitrogens with zero attached hydrogens (tertiary/aromatic N) is 4. The number of pyridine rings is 1. The molecule has 0 saturated carbocycles. The number of hydrogen-bond acceptors (Lipinski definition) is 4. The molecule has 34 heavy (non-hydrogen) atoms. The van der Waals surface area contributed by atoms with Gasteiger partial charge in [0.25, 0.3) is 0 Å². The zero-order valence-electron chi connectivity index (χ0n) is 19.6. The second kappa shape index (κ2) is 11.2. The predicted molar refractivity (Wildman–Crippen MR) is 137 cm³/mol. The molecule has 0 bridgehead atoms. The average Bonchev–Trinajstić information content (AvgIpc) is 3.26. The Kier molecular flexibility index (Phi) is 7.63. The minimum absolute atomic E-state index is 0.186. The van der Waals surface area contributed by atoms with Crippen LogP contribution in [0.3, 0.4) is 0 Å². The fourth-order valence-electron chi connectivity index (χ4n) is 3.59. The summed E-state index contributed by atoms with van der Waals surface area (Å²) in [5.41, 5.74) is 5.73. The number of carbonyl (C=O) groups excluding carboxylic acids is 1. The van der Waals surface area contributed by atoms with E-state index in [9.17, 15) is 4.79 Å². The third-order valence-electron chi connectivity index (χ3n) is 5.40. The van der Waals surface area contributed by atoms with Crippen molar-refractivity contribution in [3.63, 3.8) is 0 Å². The first-order valence-electron chi connectivity index (χ1n) is 11.3. The van der Waals surface area contributed by atoms with Gasteiger partial charge in [0, 0.05) is 48.0 Å². The van der Waals surface area contributed by atoms with Crippen molar-refractivity contribution in [1.29, 1.82) is 0 Å². The number of anilines is 1. The van der Waals surface area contributed by atoms with Gasteiger partial charge >= 0.3 is 0 Å². The van der Waals surface area contributed by atoms with Gasteiger partial charge in [-0.15, -0.1) is 0 Å². The van der Waals surface area contributed by atoms with Gasteiger partial charge in [-0.05, 0) is 62.0 Å². The Labute approximate surface area is 200 Å². The van der Waals surface area contributed by atoms with E-state index < -0.39 is 0 Å². The van der Waals surface area contributed by atoms with Crippen LogP contribution in [0.5, 0.6) is 0 Å². The Morgan fingerprint density at radius 1 is 1.00 bits per heavy atom. The molecule has 2 aromatic heterocycles. The standard InChI is InChI=1S/C28H29N5O/c1-32(2)18-16-22-10-13-26(14-11-22)30-27(34)15-12-25-21-33(20-23-7-4-3-5-8-23)31-28(25)24-9-6-17-29-19-24/h3-15,17,19,21H,16,18,20H2,1-2H3,(H,30,34)/b15-12+. The van der Waals surface area contributed by atoms with Crippen molar-refractivity contribution in [2.45, 2.75) is 13.0 Å². The molecule has 6 heteroatoms. The summed E-state index contributed by atoms with van der Waals surface area (Å²) < 4.78 is 1.89. The molecule has 4 rings (SSSR count). The topological polar surface area (TPSA) is 63.1 Å². The van der Waals surface area contributed by atoms with Gasteiger partial charge in [-0.25, -0.2) is 0 Å². The molecule has 2 heterocycles. The molecule has 0 spiro atoms. The van der Waals surface area contributed by atoms with Gasteiger partial charge in [0.15, 0.2) is 0 Å². The van der Waals surface area contributed by atoms with E-state index in [2.05, 4.69) is 53.6 Å². The predicted octanol–water partition coefficient (Wildman–Crippen LogP) is 4.75. The van der Waals surface area contributed by atoms with Crippen LogP contribution in [0.15, 0.2) is 91.4 Å². The van der Waals surface area contributed by atoms with Crippen LogP contribution in [-0.4, -0.2) is 46.2 Å². The Bertz CT molecular complexity index is 1230. The number of aromatic nitrogens is 3. The summed E-state index contributed by atoms with van der Waals surface area (Å²) in [6, 6.07) is 22.0. The normalized spacial score (nSPS) is 11.3. The molecule has 4 aromatic rings. The lowest BCUT2D eigenvalue weighted by molar-refractivity contribution is -0.111. The highest BCUT2D eigenvalue weighted by Crippen LogP contribution is 2.23. The molecule has 1 amide bonds. The summed E-state index contributed by atoms with van der Waals surface area (Å²) >= 11 is 0. The van der Waals surface area contributed by atoms with Gasteiger partial charge in [-0.2, -0.15) is 5.10 Å². The maximum absolute atomic E-state index is 12.6. The Hall–Kier alpha value is -4.03. The number of carbonyl (C=O) groups is 1. The fourth-order valence-corrected chi connectivity index (χ4v) is 3.59. The van der Waals surface area contributed by atoms with Crippen molar-refractivity contribution < 1.29 is 4.79 Å². The van der Waals surface area contributed by atoms with Gasteiger partial charge in [-0.1, -0.05) is 42.5 Å². The maximum atomic E-state index is 12.6. The molecule has 0 radical (unpaired) electrons. The third kappa shape index (κ3) is 6.49. The lowest BCUT2D eigenvalue weighted by atomic mass is 10.1. The van der Waals surface area contributed by atoms with E-state index in [4.69, 9.17) is 5.10 Å². The second-order valence-electron chi connectivity index (χ2n) is 8.43. The van der Waals surface area contributed by atoms with Crippen LogP contribution in [0.2, 0.25) is 0 Å². The molecule has 172 valence electrons. The maximum Gasteiger partial charge on any atom is 0.248 e. The largest absolute Gasteiger partial charge is 0.323 e. The summed E-state index contributed by atoms with van der Waals surface area (Å²) in [7, 11) is 4.12. The van der Waals surface area contributed by atoms with Crippen LogP contribution < -0.4 is 5.32 Å². The molecule has 1 N–H and O–H groups in total. The first-order valence-corrected chi connectivity index (χ1v) is 11.3. The van der Waals surface area contributed by atoms with Gasteiger partial charge in [0.05, 0.1) is 6.54 Å². The highest BCUT2D eigenvalue weighted by molar-refractivity contribution is 6.02. The molecule has 0 aliphatic heterocycles. The molecule has 0 atom stereocenters. The van der Waals surface area contributed by atoms with E-state index >= 15 is 0 Å². The number of amides is 1. The van der Waals surface area contributed by atoms with Crippen LogP contribution in [0.25, 0.3) is 17.3 Å². The molecule has 0 aliphatic rings. The molecule has 0 saturated heterocycles. The van der Waals surface area contributed by atoms with Crippen molar-refractivity contribution in [1.82, 2.24) is 19.7 Å². The Morgan fingerprint density at radius 2 is 1.79 bits per heavy atom. The molecular weight excluding hydrogens is 422 g/mol. The first kappa shape index (κ1) is 23.1. The number of likely N-dealkylation sites (N-methyl/N-ethyl adjacent to an activating group) is 1. The monoisotopic (exact) mass is 451 g/mol. The van der Waals surface area contributed by atoms with Crippen LogP contribution in [0, 0.1) is 0 Å². The van der Waals surface area contributed by atoms with Crippen LogP contribution >= 0.6 is 0 Å². The molecule has 0 unspecified atom stereocenters. The minimum atomic E-state index is -0.186. The highest BCUT2D eigenvalue weighted by atomic mass is 16.1. The summed E-state index contributed by atoms with van der Waals surface area (Å²) in [4.78, 5) is 19.0. The molecule has 2 aromatic carbocycles. The van der Waals surface area contributed by atoms with E-state index in [0.29, 0.717) is 6.54 Å². The van der Waals surface area contributed by atoms with Crippen molar-refractivity contribution in [3.05, 3.63) is 108 Å². The third-order valence-corrected chi connectivity index (χ3v) is 5.40. The van der Waals surface area contributed by atoms with Crippen LogP contribution in [0.4, 0.5) is 5.69 Å².